The van der Waals surface area contributed by atoms with Gasteiger partial charge in [0, 0.05) is 12.8 Å². The minimum Gasteiger partial charge on any atom is -0.756 e. The van der Waals surface area contributed by atoms with Gasteiger partial charge in [0.2, 0.25) is 0 Å². The van der Waals surface area contributed by atoms with Crippen LogP contribution in [0.1, 0.15) is 271 Å². The van der Waals surface area contributed by atoms with E-state index in [4.69, 9.17) is 18.5 Å². The third kappa shape index (κ3) is 57.0. The monoisotopic (exact) mass is 1030 g/mol. The molecule has 0 spiro atoms. The van der Waals surface area contributed by atoms with E-state index in [1.807, 2.05) is 21.1 Å². The molecule has 0 radical (unpaired) electrons. The Labute approximate surface area is 445 Å². The van der Waals surface area contributed by atoms with Gasteiger partial charge in [0.15, 0.2) is 6.10 Å². The van der Waals surface area contributed by atoms with Gasteiger partial charge in [0.1, 0.15) is 19.8 Å². The van der Waals surface area contributed by atoms with Crippen molar-refractivity contribution in [3.63, 3.8) is 0 Å². The maximum Gasteiger partial charge on any atom is 0.306 e. The van der Waals surface area contributed by atoms with Crippen LogP contribution in [0.2, 0.25) is 0 Å². The minimum atomic E-state index is -4.64. The van der Waals surface area contributed by atoms with Gasteiger partial charge in [-0.05, 0) is 77.0 Å². The number of unbranched alkanes of at least 4 members (excludes halogenated alkanes) is 31. The predicted octanol–water partition coefficient (Wildman–Crippen LogP) is 18.1. The number of hydrogen-bond donors (Lipinski definition) is 0. The van der Waals surface area contributed by atoms with Crippen molar-refractivity contribution >= 4 is 19.8 Å². The van der Waals surface area contributed by atoms with Crippen molar-refractivity contribution in [3.8, 4) is 0 Å². The Kier molecular flexibility index (Phi) is 51.8. The summed E-state index contributed by atoms with van der Waals surface area (Å²) in [6, 6.07) is 0. The molecule has 2 unspecified atom stereocenters. The first-order valence-electron chi connectivity index (χ1n) is 30.0. The van der Waals surface area contributed by atoms with E-state index in [2.05, 4.69) is 74.6 Å². The topological polar surface area (TPSA) is 111 Å². The van der Waals surface area contributed by atoms with Gasteiger partial charge in [0.05, 0.1) is 27.7 Å². The second-order valence-corrected chi connectivity index (χ2v) is 22.7. The van der Waals surface area contributed by atoms with Crippen LogP contribution in [0.4, 0.5) is 0 Å². The molecule has 0 aliphatic carbocycles. The fourth-order valence-electron chi connectivity index (χ4n) is 8.41. The highest BCUT2D eigenvalue weighted by Crippen LogP contribution is 2.38. The molecule has 0 aromatic heterocycles. The normalized spacial score (nSPS) is 13.7. The second-order valence-electron chi connectivity index (χ2n) is 21.3. The third-order valence-electron chi connectivity index (χ3n) is 13.0. The lowest BCUT2D eigenvalue weighted by Crippen LogP contribution is -2.37. The molecule has 0 saturated heterocycles. The number of allylic oxidation sites excluding steroid dienone is 10. The average Bonchev–Trinajstić information content (AvgIpc) is 3.34. The van der Waals surface area contributed by atoms with Crippen LogP contribution in [0, 0.1) is 0 Å². The molecule has 0 aromatic carbocycles. The van der Waals surface area contributed by atoms with Crippen molar-refractivity contribution in [1.29, 1.82) is 0 Å². The number of esters is 2. The van der Waals surface area contributed by atoms with Gasteiger partial charge < -0.3 is 27.9 Å². The molecule has 0 aromatic rings. The Balaban J connectivity index is 4.13. The summed E-state index contributed by atoms with van der Waals surface area (Å²) in [5.41, 5.74) is 0. The quantitative estimate of drug-likeness (QED) is 0.0195. The van der Waals surface area contributed by atoms with E-state index in [9.17, 15) is 19.0 Å². The van der Waals surface area contributed by atoms with Gasteiger partial charge >= 0.3 is 11.9 Å². The molecule has 0 fully saturated rings. The van der Waals surface area contributed by atoms with Crippen LogP contribution < -0.4 is 4.89 Å². The van der Waals surface area contributed by atoms with E-state index < -0.39 is 26.5 Å². The zero-order valence-electron chi connectivity index (χ0n) is 47.6. The molecule has 0 aliphatic heterocycles. The lowest BCUT2D eigenvalue weighted by atomic mass is 10.0. The Hall–Kier alpha value is -2.29. The van der Waals surface area contributed by atoms with Crippen molar-refractivity contribution in [1.82, 2.24) is 0 Å². The predicted molar refractivity (Wildman–Crippen MR) is 305 cm³/mol. The lowest BCUT2D eigenvalue weighted by molar-refractivity contribution is -0.870. The molecule has 0 N–H and O–H groups in total. The van der Waals surface area contributed by atoms with Gasteiger partial charge in [-0.25, -0.2) is 0 Å². The molecule has 0 rings (SSSR count). The molecule has 0 heterocycles. The molecule has 9 nitrogen and oxygen atoms in total. The van der Waals surface area contributed by atoms with Crippen LogP contribution in [0.25, 0.3) is 0 Å². The van der Waals surface area contributed by atoms with Crippen molar-refractivity contribution in [3.05, 3.63) is 60.8 Å². The number of phosphoric ester groups is 1. The van der Waals surface area contributed by atoms with Crippen LogP contribution in [0.15, 0.2) is 60.8 Å². The lowest BCUT2D eigenvalue weighted by Gasteiger charge is -2.28. The maximum absolute atomic E-state index is 12.8. The standard InChI is InChI=1S/C62H114NO8P/c1-6-8-10-12-14-16-18-20-22-24-26-28-29-30-31-32-33-35-37-39-41-43-45-47-49-51-53-55-62(65)71-60(59-70-72(66,67)69-57-56-63(3,4)5)58-68-61(64)54-52-50-48-46-44-42-40-38-36-34-27-25-23-21-19-17-15-13-11-9-7-2/h8,10,14,16,20,22,25-28,60H,6-7,9,11-13,15,17-19,21,23-24,29-59H2,1-5H3/b10-8-,16-14-,22-20-,27-25-,28-26-. The number of likely N-dealkylation sites (N-methyl/N-ethyl adjacent to an activating group) is 1. The van der Waals surface area contributed by atoms with Gasteiger partial charge in [0.25, 0.3) is 7.82 Å². The number of nitrogens with zero attached hydrogens (tertiary/aromatic N) is 1. The van der Waals surface area contributed by atoms with Crippen LogP contribution >= 0.6 is 7.82 Å². The van der Waals surface area contributed by atoms with E-state index in [1.165, 1.54) is 173 Å². The molecular weight excluding hydrogens is 918 g/mol. The molecule has 420 valence electrons. The SMILES string of the molecule is CC/C=C\C/C=C\C/C=C\C/C=C\CCCCCCCCCCCCCCCCC(=O)OC(COC(=O)CCCCCCCCCCC/C=C\CCCCCCCCCC)COP(=O)([O-])OCC[N+](C)(C)C. The number of phosphoric acid groups is 1. The van der Waals surface area contributed by atoms with Crippen molar-refractivity contribution in [2.24, 2.45) is 0 Å². The van der Waals surface area contributed by atoms with E-state index in [-0.39, 0.29) is 32.0 Å². The highest BCUT2D eigenvalue weighted by Gasteiger charge is 2.22. The number of rotatable bonds is 55. The number of hydrogen-bond acceptors (Lipinski definition) is 8. The first-order chi connectivity index (χ1) is 35.0. The summed E-state index contributed by atoms with van der Waals surface area (Å²) in [5, 5.41) is 0. The molecule has 72 heavy (non-hydrogen) atoms. The third-order valence-corrected chi connectivity index (χ3v) is 14.0. The minimum absolute atomic E-state index is 0.0317. The fraction of sp³-hybridized carbons (Fsp3) is 0.806. The molecule has 10 heteroatoms. The highest BCUT2D eigenvalue weighted by molar-refractivity contribution is 7.45. The van der Waals surface area contributed by atoms with Gasteiger partial charge in [-0.2, -0.15) is 0 Å². The van der Waals surface area contributed by atoms with E-state index in [0.29, 0.717) is 17.4 Å². The summed E-state index contributed by atoms with van der Waals surface area (Å²) in [7, 11) is 1.17. The number of ether oxygens (including phenoxy) is 2. The summed E-state index contributed by atoms with van der Waals surface area (Å²) < 4.78 is 34.2. The molecular formula is C62H114NO8P. The number of carbonyl (C=O) groups is 2. The zero-order chi connectivity index (χ0) is 52.7. The Morgan fingerprint density at radius 1 is 0.444 bits per heavy atom. The van der Waals surface area contributed by atoms with Crippen LogP contribution in [-0.4, -0.2) is 70.0 Å². The molecule has 0 aliphatic rings. The summed E-state index contributed by atoms with van der Waals surface area (Å²) >= 11 is 0. The van der Waals surface area contributed by atoms with E-state index >= 15 is 0 Å². The molecule has 2 atom stereocenters. The number of carbonyl (C=O) groups excluding carboxylic acids is 2. The molecule has 0 saturated carbocycles. The fourth-order valence-corrected chi connectivity index (χ4v) is 9.14. The van der Waals surface area contributed by atoms with Crippen molar-refractivity contribution in [2.45, 2.75) is 277 Å². The first-order valence-corrected chi connectivity index (χ1v) is 31.5. The summed E-state index contributed by atoms with van der Waals surface area (Å²) in [5.74, 6) is -0.828. The Bertz CT molecular complexity index is 1400. The zero-order valence-corrected chi connectivity index (χ0v) is 48.5. The maximum atomic E-state index is 12.8. The smallest absolute Gasteiger partial charge is 0.306 e. The van der Waals surface area contributed by atoms with E-state index in [0.717, 1.165) is 64.2 Å². The summed E-state index contributed by atoms with van der Waals surface area (Å²) in [4.78, 5) is 37.9. The molecule has 0 bridgehead atoms. The van der Waals surface area contributed by atoms with Crippen LogP contribution in [-0.2, 0) is 32.7 Å². The van der Waals surface area contributed by atoms with Crippen molar-refractivity contribution < 1.29 is 42.1 Å². The van der Waals surface area contributed by atoms with Gasteiger partial charge in [-0.3, -0.25) is 14.2 Å². The average molecular weight is 1030 g/mol. The first kappa shape index (κ1) is 69.7. The van der Waals surface area contributed by atoms with Crippen LogP contribution in [0.5, 0.6) is 0 Å². The second kappa shape index (κ2) is 53.5. The van der Waals surface area contributed by atoms with E-state index in [1.54, 1.807) is 0 Å². The highest BCUT2D eigenvalue weighted by atomic mass is 31.2. The number of quaternary nitrogens is 1. The largest absolute Gasteiger partial charge is 0.756 e. The Morgan fingerprint density at radius 2 is 0.792 bits per heavy atom. The summed E-state index contributed by atoms with van der Waals surface area (Å²) in [6.45, 7) is 4.15. The summed E-state index contributed by atoms with van der Waals surface area (Å²) in [6.07, 6.45) is 68.4. The molecule has 0 amide bonds. The Morgan fingerprint density at radius 3 is 1.19 bits per heavy atom. The van der Waals surface area contributed by atoms with Crippen LogP contribution in [0.3, 0.4) is 0 Å². The van der Waals surface area contributed by atoms with Crippen molar-refractivity contribution in [2.75, 3.05) is 47.5 Å². The van der Waals surface area contributed by atoms with Gasteiger partial charge in [-0.1, -0.05) is 242 Å². The van der Waals surface area contributed by atoms with Gasteiger partial charge in [-0.15, -0.1) is 0 Å².